The minimum absolute atomic E-state index is 0.161. The molecular formula is C11H11FN4OS. The molecule has 7 heteroatoms. The second-order valence-corrected chi connectivity index (χ2v) is 4.08. The average molecular weight is 266 g/mol. The Kier molecular flexibility index (Phi) is 3.52. The van der Waals surface area contributed by atoms with E-state index < -0.39 is 5.82 Å². The summed E-state index contributed by atoms with van der Waals surface area (Å²) in [5.74, 6) is 0.502. The number of nitrogens with zero attached hydrogens (tertiary/aromatic N) is 2. The van der Waals surface area contributed by atoms with Gasteiger partial charge in [-0.15, -0.1) is 0 Å². The van der Waals surface area contributed by atoms with E-state index in [-0.39, 0.29) is 11.5 Å². The molecule has 0 aliphatic rings. The van der Waals surface area contributed by atoms with Gasteiger partial charge in [-0.3, -0.25) is 0 Å². The SMILES string of the molecule is Cc1nc(CNc2ccc(C(N)=S)cc2F)no1. The summed E-state index contributed by atoms with van der Waals surface area (Å²) in [6, 6.07) is 4.50. The van der Waals surface area contributed by atoms with E-state index in [1.54, 1.807) is 19.1 Å². The third-order valence-electron chi connectivity index (χ3n) is 2.26. The van der Waals surface area contributed by atoms with Gasteiger partial charge in [0.25, 0.3) is 0 Å². The van der Waals surface area contributed by atoms with Crippen LogP contribution in [0.2, 0.25) is 0 Å². The molecule has 0 spiro atoms. The van der Waals surface area contributed by atoms with Gasteiger partial charge in [0.05, 0.1) is 12.2 Å². The van der Waals surface area contributed by atoms with E-state index in [0.29, 0.717) is 23.0 Å². The van der Waals surface area contributed by atoms with Gasteiger partial charge in [0.2, 0.25) is 5.89 Å². The van der Waals surface area contributed by atoms with E-state index in [0.717, 1.165) is 0 Å². The predicted molar refractivity (Wildman–Crippen MR) is 68.6 cm³/mol. The van der Waals surface area contributed by atoms with E-state index in [4.69, 9.17) is 22.5 Å². The highest BCUT2D eigenvalue weighted by Gasteiger charge is 2.07. The topological polar surface area (TPSA) is 77.0 Å². The molecule has 3 N–H and O–H groups in total. The molecule has 2 rings (SSSR count). The van der Waals surface area contributed by atoms with E-state index in [1.165, 1.54) is 6.07 Å². The molecule has 18 heavy (non-hydrogen) atoms. The molecule has 0 saturated heterocycles. The Hall–Kier alpha value is -2.02. The molecule has 2 aromatic rings. The number of benzene rings is 1. The monoisotopic (exact) mass is 266 g/mol. The molecule has 94 valence electrons. The summed E-state index contributed by atoms with van der Waals surface area (Å²) in [4.78, 5) is 4.16. The molecule has 0 saturated carbocycles. The standard InChI is InChI=1S/C11H11FN4OS/c1-6-15-10(16-17-6)5-14-9-3-2-7(11(13)18)4-8(9)12/h2-4,14H,5H2,1H3,(H2,13,18). The summed E-state index contributed by atoms with van der Waals surface area (Å²) in [7, 11) is 0. The zero-order chi connectivity index (χ0) is 13.1. The Labute approximate surface area is 108 Å². The maximum Gasteiger partial charge on any atom is 0.223 e. The summed E-state index contributed by atoms with van der Waals surface area (Å²) >= 11 is 4.77. The number of aromatic nitrogens is 2. The summed E-state index contributed by atoms with van der Waals surface area (Å²) in [6.07, 6.45) is 0. The Bertz CT molecular complexity index is 584. The molecule has 0 atom stereocenters. The van der Waals surface area contributed by atoms with Gasteiger partial charge in [0.15, 0.2) is 5.82 Å². The third-order valence-corrected chi connectivity index (χ3v) is 2.50. The minimum Gasteiger partial charge on any atom is -0.389 e. The van der Waals surface area contributed by atoms with Crippen LogP contribution in [0.1, 0.15) is 17.3 Å². The van der Waals surface area contributed by atoms with Crippen molar-refractivity contribution in [2.24, 2.45) is 5.73 Å². The fraction of sp³-hybridized carbons (Fsp3) is 0.182. The number of rotatable bonds is 4. The zero-order valence-electron chi connectivity index (χ0n) is 9.61. The summed E-state index contributed by atoms with van der Waals surface area (Å²) in [6.45, 7) is 1.97. The molecule has 1 aromatic carbocycles. The summed E-state index contributed by atoms with van der Waals surface area (Å²) in [5, 5.41) is 6.56. The number of aryl methyl sites for hydroxylation is 1. The van der Waals surface area contributed by atoms with Gasteiger partial charge >= 0.3 is 0 Å². The van der Waals surface area contributed by atoms with Crippen LogP contribution in [0, 0.1) is 12.7 Å². The number of nitrogens with two attached hydrogens (primary N) is 1. The van der Waals surface area contributed by atoms with E-state index in [2.05, 4.69) is 15.5 Å². The molecule has 5 nitrogen and oxygen atoms in total. The lowest BCUT2D eigenvalue weighted by atomic mass is 10.2. The van der Waals surface area contributed by atoms with Gasteiger partial charge < -0.3 is 15.6 Å². The third kappa shape index (κ3) is 2.80. The molecule has 0 bridgehead atoms. The fourth-order valence-electron chi connectivity index (χ4n) is 1.40. The number of hydrogen-bond donors (Lipinski definition) is 2. The summed E-state index contributed by atoms with van der Waals surface area (Å²) < 4.78 is 18.5. The van der Waals surface area contributed by atoms with Crippen LogP contribution in [0.3, 0.4) is 0 Å². The number of nitrogens with one attached hydrogen (secondary N) is 1. The molecule has 0 radical (unpaired) electrons. The predicted octanol–water partition coefficient (Wildman–Crippen LogP) is 1.76. The minimum atomic E-state index is -0.430. The quantitative estimate of drug-likeness (QED) is 0.821. The van der Waals surface area contributed by atoms with Crippen molar-refractivity contribution in [2.45, 2.75) is 13.5 Å². The fourth-order valence-corrected chi connectivity index (χ4v) is 1.53. The maximum atomic E-state index is 13.7. The Balaban J connectivity index is 2.08. The second-order valence-electron chi connectivity index (χ2n) is 3.64. The molecule has 0 unspecified atom stereocenters. The molecule has 1 heterocycles. The Morgan fingerprint density at radius 3 is 2.89 bits per heavy atom. The van der Waals surface area contributed by atoms with Crippen molar-refractivity contribution >= 4 is 22.9 Å². The van der Waals surface area contributed by atoms with E-state index in [9.17, 15) is 4.39 Å². The van der Waals surface area contributed by atoms with Crippen molar-refractivity contribution in [3.05, 3.63) is 41.3 Å². The van der Waals surface area contributed by atoms with Crippen molar-refractivity contribution in [3.63, 3.8) is 0 Å². The van der Waals surface area contributed by atoms with Gasteiger partial charge in [-0.05, 0) is 18.2 Å². The molecule has 0 aliphatic heterocycles. The van der Waals surface area contributed by atoms with Crippen LogP contribution in [0.5, 0.6) is 0 Å². The van der Waals surface area contributed by atoms with Crippen molar-refractivity contribution < 1.29 is 8.91 Å². The highest BCUT2D eigenvalue weighted by atomic mass is 32.1. The lowest BCUT2D eigenvalue weighted by molar-refractivity contribution is 0.388. The number of hydrogen-bond acceptors (Lipinski definition) is 5. The van der Waals surface area contributed by atoms with Gasteiger partial charge in [-0.2, -0.15) is 4.98 Å². The maximum absolute atomic E-state index is 13.7. The summed E-state index contributed by atoms with van der Waals surface area (Å²) in [5.41, 5.74) is 6.23. The lowest BCUT2D eigenvalue weighted by Gasteiger charge is -2.06. The number of halogens is 1. The van der Waals surface area contributed by atoms with Crippen molar-refractivity contribution in [2.75, 3.05) is 5.32 Å². The van der Waals surface area contributed by atoms with E-state index >= 15 is 0 Å². The van der Waals surface area contributed by atoms with Gasteiger partial charge in [-0.25, -0.2) is 4.39 Å². The van der Waals surface area contributed by atoms with Gasteiger partial charge in [-0.1, -0.05) is 17.4 Å². The Morgan fingerprint density at radius 2 is 2.33 bits per heavy atom. The van der Waals surface area contributed by atoms with Gasteiger partial charge in [0.1, 0.15) is 10.8 Å². The van der Waals surface area contributed by atoms with Crippen LogP contribution < -0.4 is 11.1 Å². The highest BCUT2D eigenvalue weighted by molar-refractivity contribution is 7.80. The van der Waals surface area contributed by atoms with Crippen LogP contribution >= 0.6 is 12.2 Å². The Morgan fingerprint density at radius 1 is 1.56 bits per heavy atom. The van der Waals surface area contributed by atoms with Crippen molar-refractivity contribution in [1.82, 2.24) is 10.1 Å². The first-order chi connectivity index (χ1) is 8.56. The van der Waals surface area contributed by atoms with Crippen LogP contribution in [-0.4, -0.2) is 15.1 Å². The molecule has 0 amide bonds. The van der Waals surface area contributed by atoms with Crippen molar-refractivity contribution in [3.8, 4) is 0 Å². The second kappa shape index (κ2) is 5.09. The van der Waals surface area contributed by atoms with Crippen LogP contribution in [-0.2, 0) is 6.54 Å². The van der Waals surface area contributed by atoms with Gasteiger partial charge in [0, 0.05) is 12.5 Å². The van der Waals surface area contributed by atoms with Crippen LogP contribution in [0.4, 0.5) is 10.1 Å². The smallest absolute Gasteiger partial charge is 0.223 e. The first kappa shape index (κ1) is 12.4. The largest absolute Gasteiger partial charge is 0.389 e. The van der Waals surface area contributed by atoms with E-state index in [1.807, 2.05) is 0 Å². The number of thiocarbonyl (C=S) groups is 1. The zero-order valence-corrected chi connectivity index (χ0v) is 10.4. The average Bonchev–Trinajstić information content (AvgIpc) is 2.73. The lowest BCUT2D eigenvalue weighted by Crippen LogP contribution is -2.10. The molecule has 0 fully saturated rings. The molecular weight excluding hydrogens is 255 g/mol. The normalized spacial score (nSPS) is 10.3. The van der Waals surface area contributed by atoms with Crippen molar-refractivity contribution in [1.29, 1.82) is 0 Å². The number of anilines is 1. The molecule has 0 aliphatic carbocycles. The van der Waals surface area contributed by atoms with Crippen LogP contribution in [0.25, 0.3) is 0 Å². The molecule has 1 aromatic heterocycles. The first-order valence-electron chi connectivity index (χ1n) is 5.18. The van der Waals surface area contributed by atoms with Crippen LogP contribution in [0.15, 0.2) is 22.7 Å². The highest BCUT2D eigenvalue weighted by Crippen LogP contribution is 2.16. The first-order valence-corrected chi connectivity index (χ1v) is 5.59.